The number of fused-ring (bicyclic) bond motifs is 1. The van der Waals surface area contributed by atoms with Crippen LogP contribution in [0, 0.1) is 11.6 Å². The minimum absolute atomic E-state index is 0.0245. The summed E-state index contributed by atoms with van der Waals surface area (Å²) in [6.45, 7) is 1.51. The van der Waals surface area contributed by atoms with Crippen molar-refractivity contribution in [2.75, 3.05) is 6.26 Å². The second kappa shape index (κ2) is 7.38. The van der Waals surface area contributed by atoms with Gasteiger partial charge in [0.25, 0.3) is 5.56 Å². The van der Waals surface area contributed by atoms with Gasteiger partial charge in [0.05, 0.1) is 12.6 Å². The van der Waals surface area contributed by atoms with E-state index in [1.807, 2.05) is 0 Å². The summed E-state index contributed by atoms with van der Waals surface area (Å²) < 4.78 is 33.5. The summed E-state index contributed by atoms with van der Waals surface area (Å²) in [7, 11) is 0. The van der Waals surface area contributed by atoms with Crippen molar-refractivity contribution in [1.82, 2.24) is 14.5 Å². The fourth-order valence-corrected chi connectivity index (χ4v) is 2.73. The molecule has 6 nitrogen and oxygen atoms in total. The van der Waals surface area contributed by atoms with Gasteiger partial charge in [-0.2, -0.15) is 0 Å². The van der Waals surface area contributed by atoms with E-state index in [4.69, 9.17) is 4.74 Å². The first kappa shape index (κ1) is 18.3. The second-order valence-electron chi connectivity index (χ2n) is 5.59. The summed E-state index contributed by atoms with van der Waals surface area (Å²) in [6.07, 6.45) is 2.49. The van der Waals surface area contributed by atoms with Crippen molar-refractivity contribution < 1.29 is 18.6 Å². The van der Waals surface area contributed by atoms with Crippen LogP contribution in [-0.4, -0.2) is 32.0 Å². The van der Waals surface area contributed by atoms with Crippen LogP contribution in [0.3, 0.4) is 0 Å². The lowest BCUT2D eigenvalue weighted by molar-refractivity contribution is 0.173. The Morgan fingerprint density at radius 2 is 2.08 bits per heavy atom. The molecule has 0 radical (unpaired) electrons. The fourth-order valence-electron chi connectivity index (χ4n) is 2.40. The average molecular weight is 379 g/mol. The lowest BCUT2D eigenvalue weighted by atomic mass is 10.3. The minimum Gasteiger partial charge on any atom is -0.448 e. The lowest BCUT2D eigenvalue weighted by Crippen LogP contribution is -2.27. The number of aliphatic hydroxyl groups excluding tert-OH is 1. The number of ether oxygens (including phenoxy) is 1. The first-order valence-electron chi connectivity index (χ1n) is 7.64. The summed E-state index contributed by atoms with van der Waals surface area (Å²) in [5, 5.41) is 10.7. The molecule has 0 aliphatic carbocycles. The topological polar surface area (TPSA) is 77.2 Å². The van der Waals surface area contributed by atoms with Crippen LogP contribution in [0.4, 0.5) is 8.78 Å². The number of pyridine rings is 1. The van der Waals surface area contributed by atoms with Crippen molar-refractivity contribution >= 4 is 22.8 Å². The molecule has 136 valence electrons. The molecular formula is C17H15F2N3O3S. The first-order chi connectivity index (χ1) is 12.4. The molecule has 2 aromatic heterocycles. The van der Waals surface area contributed by atoms with Crippen LogP contribution in [0.2, 0.25) is 0 Å². The Morgan fingerprint density at radius 3 is 2.73 bits per heavy atom. The van der Waals surface area contributed by atoms with Crippen LogP contribution in [0.5, 0.6) is 11.5 Å². The first-order valence-corrected chi connectivity index (χ1v) is 8.87. The third-order valence-electron chi connectivity index (χ3n) is 3.52. The van der Waals surface area contributed by atoms with Crippen LogP contribution in [0.15, 0.2) is 40.4 Å². The number of halogens is 2. The van der Waals surface area contributed by atoms with Crippen molar-refractivity contribution in [3.63, 3.8) is 0 Å². The Kier molecular flexibility index (Phi) is 5.19. The molecule has 0 aliphatic rings. The maximum Gasteiger partial charge on any atom is 0.295 e. The highest BCUT2D eigenvalue weighted by molar-refractivity contribution is 7.98. The van der Waals surface area contributed by atoms with E-state index in [2.05, 4.69) is 9.97 Å². The Morgan fingerprint density at radius 1 is 1.31 bits per heavy atom. The van der Waals surface area contributed by atoms with Gasteiger partial charge < -0.3 is 9.84 Å². The number of aliphatic hydroxyl groups is 1. The third kappa shape index (κ3) is 3.68. The molecule has 1 atom stereocenters. The molecule has 0 bridgehead atoms. The quantitative estimate of drug-likeness (QED) is 0.543. The van der Waals surface area contributed by atoms with Crippen molar-refractivity contribution in [3.8, 4) is 11.5 Å². The maximum absolute atomic E-state index is 13.8. The number of hydrogen-bond acceptors (Lipinski definition) is 6. The normalized spacial score (nSPS) is 12.3. The van der Waals surface area contributed by atoms with Gasteiger partial charge in [-0.3, -0.25) is 9.36 Å². The predicted molar refractivity (Wildman–Crippen MR) is 93.7 cm³/mol. The summed E-state index contributed by atoms with van der Waals surface area (Å²) in [5.41, 5.74) is -0.255. The molecule has 1 unspecified atom stereocenters. The average Bonchev–Trinajstić information content (AvgIpc) is 2.60. The van der Waals surface area contributed by atoms with Gasteiger partial charge in [-0.05, 0) is 31.4 Å². The molecule has 26 heavy (non-hydrogen) atoms. The summed E-state index contributed by atoms with van der Waals surface area (Å²) in [4.78, 5) is 21.2. The summed E-state index contributed by atoms with van der Waals surface area (Å²) in [5.74, 6) is -2.14. The summed E-state index contributed by atoms with van der Waals surface area (Å²) in [6, 6.07) is 4.18. The third-order valence-corrected chi connectivity index (χ3v) is 4.08. The molecule has 0 saturated heterocycles. The zero-order chi connectivity index (χ0) is 18.8. The van der Waals surface area contributed by atoms with E-state index in [0.717, 1.165) is 12.1 Å². The highest BCUT2D eigenvalue weighted by atomic mass is 32.2. The molecule has 2 heterocycles. The number of thioether (sulfide) groups is 1. The lowest BCUT2D eigenvalue weighted by Gasteiger charge is -2.14. The van der Waals surface area contributed by atoms with Gasteiger partial charge in [0.1, 0.15) is 11.5 Å². The molecule has 3 aromatic rings. The Hall–Kier alpha value is -2.52. The van der Waals surface area contributed by atoms with Crippen molar-refractivity contribution in [3.05, 3.63) is 52.5 Å². The van der Waals surface area contributed by atoms with Crippen LogP contribution in [0.1, 0.15) is 6.92 Å². The fraction of sp³-hybridized carbons (Fsp3) is 0.235. The van der Waals surface area contributed by atoms with Crippen molar-refractivity contribution in [1.29, 1.82) is 0 Å². The Balaban J connectivity index is 2.16. The summed E-state index contributed by atoms with van der Waals surface area (Å²) >= 11 is 1.31. The zero-order valence-corrected chi connectivity index (χ0v) is 14.8. The van der Waals surface area contributed by atoms with Gasteiger partial charge in [-0.15, -0.1) is 0 Å². The monoisotopic (exact) mass is 379 g/mol. The van der Waals surface area contributed by atoms with Gasteiger partial charge in [-0.25, -0.2) is 18.7 Å². The van der Waals surface area contributed by atoms with E-state index in [1.54, 1.807) is 6.26 Å². The van der Waals surface area contributed by atoms with Crippen molar-refractivity contribution in [2.45, 2.75) is 24.7 Å². The van der Waals surface area contributed by atoms with E-state index in [1.165, 1.54) is 35.5 Å². The largest absolute Gasteiger partial charge is 0.448 e. The molecule has 3 rings (SSSR count). The molecule has 0 spiro atoms. The Labute approximate surface area is 151 Å². The van der Waals surface area contributed by atoms with Gasteiger partial charge >= 0.3 is 0 Å². The molecule has 0 saturated carbocycles. The highest BCUT2D eigenvalue weighted by Gasteiger charge is 2.16. The minimum atomic E-state index is -0.930. The molecule has 0 amide bonds. The molecule has 1 N–H and O–H groups in total. The number of hydrogen-bond donors (Lipinski definition) is 1. The number of nitrogens with zero attached hydrogens (tertiary/aromatic N) is 3. The van der Waals surface area contributed by atoms with Crippen LogP contribution >= 0.6 is 11.8 Å². The molecule has 0 aliphatic heterocycles. The number of aromatic nitrogens is 3. The van der Waals surface area contributed by atoms with E-state index in [9.17, 15) is 18.7 Å². The maximum atomic E-state index is 13.8. The van der Waals surface area contributed by atoms with E-state index < -0.39 is 23.3 Å². The standard InChI is InChI=1S/C17H15F2N3O3S/c1-9(23)8-22-15-10(7-20-17(21-15)26-2)5-14(16(22)24)25-13-4-3-11(18)6-12(13)19/h3-7,9,23H,8H2,1-2H3. The van der Waals surface area contributed by atoms with E-state index in [0.29, 0.717) is 22.3 Å². The predicted octanol–water partition coefficient (Wildman–Crippen LogP) is 2.96. The molecule has 1 aromatic carbocycles. The highest BCUT2D eigenvalue weighted by Crippen LogP contribution is 2.25. The van der Waals surface area contributed by atoms with E-state index in [-0.39, 0.29) is 18.0 Å². The number of benzene rings is 1. The SMILES string of the molecule is CSc1ncc2cc(Oc3ccc(F)cc3F)c(=O)n(CC(C)O)c2n1. The van der Waals surface area contributed by atoms with Gasteiger partial charge in [0.15, 0.2) is 22.5 Å². The van der Waals surface area contributed by atoms with Crippen molar-refractivity contribution in [2.24, 2.45) is 0 Å². The van der Waals surface area contributed by atoms with Gasteiger partial charge in [-0.1, -0.05) is 11.8 Å². The number of rotatable bonds is 5. The second-order valence-corrected chi connectivity index (χ2v) is 6.36. The smallest absolute Gasteiger partial charge is 0.295 e. The van der Waals surface area contributed by atoms with E-state index >= 15 is 0 Å². The molecular weight excluding hydrogens is 364 g/mol. The zero-order valence-electron chi connectivity index (χ0n) is 13.9. The van der Waals surface area contributed by atoms with Crippen LogP contribution in [0.25, 0.3) is 11.0 Å². The van der Waals surface area contributed by atoms with Gasteiger partial charge in [0.2, 0.25) is 0 Å². The Bertz CT molecular complexity index is 1020. The molecule has 0 fully saturated rings. The molecule has 9 heteroatoms. The van der Waals surface area contributed by atoms with Crippen LogP contribution < -0.4 is 10.3 Å². The van der Waals surface area contributed by atoms with Gasteiger partial charge in [0, 0.05) is 17.6 Å². The van der Waals surface area contributed by atoms with Crippen LogP contribution in [-0.2, 0) is 6.54 Å².